The Morgan fingerprint density at radius 3 is 0.843 bits per heavy atom. The molecule has 0 aliphatic heterocycles. The van der Waals surface area contributed by atoms with E-state index in [-0.39, 0.29) is 36.5 Å². The summed E-state index contributed by atoms with van der Waals surface area (Å²) in [6, 6.07) is -0.967. The molecule has 0 saturated heterocycles. The van der Waals surface area contributed by atoms with Gasteiger partial charge in [0.1, 0.15) is 0 Å². The summed E-state index contributed by atoms with van der Waals surface area (Å²) in [5, 5.41) is 11.4. The van der Waals surface area contributed by atoms with Gasteiger partial charge in [0, 0.05) is 65.4 Å². The highest BCUT2D eigenvalue weighted by Crippen LogP contribution is 2.02. The molecule has 0 bridgehead atoms. The van der Waals surface area contributed by atoms with Crippen molar-refractivity contribution in [3.63, 3.8) is 0 Å². The lowest BCUT2D eigenvalue weighted by molar-refractivity contribution is -0.123. The van der Waals surface area contributed by atoms with Crippen LogP contribution in [0.15, 0.2) is 0 Å². The minimum atomic E-state index is -0.491. The van der Waals surface area contributed by atoms with Crippen molar-refractivity contribution in [2.45, 2.75) is 95.6 Å². The van der Waals surface area contributed by atoms with Crippen molar-refractivity contribution < 1.29 is 71.3 Å². The second kappa shape index (κ2) is 55.6. The van der Waals surface area contributed by atoms with Crippen LogP contribution in [0.1, 0.15) is 83.5 Å². The second-order valence-electron chi connectivity index (χ2n) is 16.1. The molecule has 0 fully saturated rings. The Morgan fingerprint density at radius 1 is 0.300 bits per heavy atom. The molecule has 2 atom stereocenters. The zero-order valence-corrected chi connectivity index (χ0v) is 42.6. The maximum Gasteiger partial charge on any atom is 0.236 e. The first kappa shape index (κ1) is 67.3. The predicted octanol–water partition coefficient (Wildman–Crippen LogP) is -0.723. The third-order valence-corrected chi connectivity index (χ3v) is 9.89. The summed E-state index contributed by atoms with van der Waals surface area (Å²) in [5.41, 5.74) is 22.7. The number of nitrogens with two attached hydrogens (primary N) is 4. The molecule has 414 valence electrons. The maximum absolute atomic E-state index is 12.0. The molecule has 70 heavy (non-hydrogen) atoms. The summed E-state index contributed by atoms with van der Waals surface area (Å²) in [7, 11) is 0. The molecule has 0 aromatic rings. The van der Waals surface area contributed by atoms with Crippen molar-refractivity contribution in [1.29, 1.82) is 0 Å². The Hall–Kier alpha value is -2.72. The van der Waals surface area contributed by atoms with Crippen LogP contribution in [0.5, 0.6) is 0 Å². The van der Waals surface area contributed by atoms with Gasteiger partial charge < -0.3 is 96.3 Å². The van der Waals surface area contributed by atoms with Gasteiger partial charge in [-0.2, -0.15) is 0 Å². The molecular weight excluding hydrogens is 917 g/mol. The number of hydrogen-bond acceptors (Lipinski definition) is 19. The number of nitrogens with one attached hydrogen (secondary N) is 4. The number of carbonyl (C=O) groups excluding carboxylic acids is 4. The van der Waals surface area contributed by atoms with E-state index in [4.69, 9.17) is 75.0 Å². The summed E-state index contributed by atoms with van der Waals surface area (Å²) in [5.74, 6) is -0.416. The topological polar surface area (TPSA) is 322 Å². The van der Waals surface area contributed by atoms with Gasteiger partial charge in [-0.25, -0.2) is 0 Å². The van der Waals surface area contributed by atoms with Gasteiger partial charge in [0.15, 0.2) is 0 Å². The van der Waals surface area contributed by atoms with E-state index in [0.29, 0.717) is 223 Å². The first-order chi connectivity index (χ1) is 34.3. The van der Waals surface area contributed by atoms with Gasteiger partial charge in [-0.1, -0.05) is 19.3 Å². The first-order valence-corrected chi connectivity index (χ1v) is 25.7. The summed E-state index contributed by atoms with van der Waals surface area (Å²) in [4.78, 5) is 47.9. The molecule has 0 spiro atoms. The standard InChI is InChI=1S/C47H96N8O15/c48-14-4-1-2-10-42(50)46(58)54-18-8-22-62-28-34-66-32-26-60-20-6-16-52-44(56)12-24-64-30-36-68-38-40-70-41-39-69-37-31-65-25-13-45(57)53-17-7-21-61-27-33-67-35-29-63-23-9-19-55-47(59)43(51)11-3-5-15-49/h42-43H,1-41,48-51H2,(H,52,56)(H,53,57)(H,54,58)(H,55,59)/t42-,43-/m0/s1. The van der Waals surface area contributed by atoms with E-state index in [2.05, 4.69) is 21.3 Å². The van der Waals surface area contributed by atoms with Crippen LogP contribution in [0, 0.1) is 0 Å². The molecule has 0 radical (unpaired) electrons. The van der Waals surface area contributed by atoms with Gasteiger partial charge in [-0.3, -0.25) is 19.2 Å². The highest BCUT2D eigenvalue weighted by atomic mass is 16.6. The van der Waals surface area contributed by atoms with Crippen LogP contribution >= 0.6 is 0 Å². The smallest absolute Gasteiger partial charge is 0.236 e. The molecule has 0 aliphatic carbocycles. The van der Waals surface area contributed by atoms with Crippen LogP contribution in [0.25, 0.3) is 0 Å². The highest BCUT2D eigenvalue weighted by Gasteiger charge is 2.13. The number of hydrogen-bond donors (Lipinski definition) is 8. The van der Waals surface area contributed by atoms with Gasteiger partial charge in [0.05, 0.1) is 131 Å². The van der Waals surface area contributed by atoms with Gasteiger partial charge in [-0.15, -0.1) is 0 Å². The van der Waals surface area contributed by atoms with Crippen molar-refractivity contribution in [3.05, 3.63) is 0 Å². The van der Waals surface area contributed by atoms with Crippen LogP contribution in [0.2, 0.25) is 0 Å². The molecule has 0 unspecified atom stereocenters. The Bertz CT molecular complexity index is 1170. The molecule has 23 heteroatoms. The quantitative estimate of drug-likeness (QED) is 0.0349. The van der Waals surface area contributed by atoms with E-state index < -0.39 is 12.1 Å². The van der Waals surface area contributed by atoms with E-state index in [1.165, 1.54) is 0 Å². The molecule has 0 saturated carbocycles. The third kappa shape index (κ3) is 51.6. The van der Waals surface area contributed by atoms with Gasteiger partial charge in [0.2, 0.25) is 23.6 Å². The number of carbonyl (C=O) groups is 4. The minimum Gasteiger partial charge on any atom is -0.379 e. The summed E-state index contributed by atoms with van der Waals surface area (Å²) < 4.78 is 60.5. The number of unbranched alkanes of at least 4 members (excludes halogenated alkanes) is 3. The Kier molecular flexibility index (Phi) is 53.4. The SMILES string of the molecule is NCCCCC[C@H](N)C(=O)NCCCOCCOCCOCCCNC(=O)CCOCCOCCOCCOCCOCCC(=O)NCCCOCCOCCOCCCNC(=O)[C@@H](N)CCCCN. The zero-order valence-electron chi connectivity index (χ0n) is 42.6. The van der Waals surface area contributed by atoms with E-state index in [9.17, 15) is 19.2 Å². The molecule has 0 rings (SSSR count). The Labute approximate surface area is 418 Å². The first-order valence-electron chi connectivity index (χ1n) is 25.7. The maximum atomic E-state index is 12.0. The molecule has 4 amide bonds. The molecule has 0 aromatic heterocycles. The third-order valence-electron chi connectivity index (χ3n) is 9.89. The fourth-order valence-corrected chi connectivity index (χ4v) is 5.87. The number of rotatable bonds is 57. The number of ether oxygens (including phenoxy) is 11. The highest BCUT2D eigenvalue weighted by molar-refractivity contribution is 5.81. The van der Waals surface area contributed by atoms with E-state index in [0.717, 1.165) is 32.1 Å². The molecule has 23 nitrogen and oxygen atoms in total. The summed E-state index contributed by atoms with van der Waals surface area (Å²) in [6.07, 6.45) is 9.22. The van der Waals surface area contributed by atoms with Gasteiger partial charge in [-0.05, 0) is 64.5 Å². The van der Waals surface area contributed by atoms with Crippen LogP contribution in [-0.2, 0) is 71.3 Å². The fraction of sp³-hybridized carbons (Fsp3) is 0.915. The lowest BCUT2D eigenvalue weighted by Crippen LogP contribution is -2.41. The van der Waals surface area contributed by atoms with Crippen molar-refractivity contribution in [3.8, 4) is 0 Å². The largest absolute Gasteiger partial charge is 0.379 e. The average Bonchev–Trinajstić information content (AvgIpc) is 3.35. The zero-order chi connectivity index (χ0) is 51.1. The van der Waals surface area contributed by atoms with E-state index in [1.807, 2.05) is 0 Å². The second-order valence-corrected chi connectivity index (χ2v) is 16.1. The molecule has 0 aromatic carbocycles. The molecule has 0 aliphatic rings. The lowest BCUT2D eigenvalue weighted by Gasteiger charge is -2.12. The van der Waals surface area contributed by atoms with Crippen LogP contribution in [0.3, 0.4) is 0 Å². The summed E-state index contributed by atoms with van der Waals surface area (Å²) in [6.45, 7) is 13.1. The van der Waals surface area contributed by atoms with Gasteiger partial charge >= 0.3 is 0 Å². The molecule has 12 N–H and O–H groups in total. The van der Waals surface area contributed by atoms with Crippen LogP contribution in [-0.4, -0.2) is 220 Å². The van der Waals surface area contributed by atoms with Crippen LogP contribution in [0.4, 0.5) is 0 Å². The predicted molar refractivity (Wildman–Crippen MR) is 265 cm³/mol. The number of amides is 4. The van der Waals surface area contributed by atoms with E-state index >= 15 is 0 Å². The average molecular weight is 1010 g/mol. The van der Waals surface area contributed by atoms with Gasteiger partial charge in [0.25, 0.3) is 0 Å². The van der Waals surface area contributed by atoms with Crippen molar-refractivity contribution in [2.75, 3.05) is 185 Å². The minimum absolute atomic E-state index is 0.0763. The summed E-state index contributed by atoms with van der Waals surface area (Å²) >= 11 is 0. The Morgan fingerprint density at radius 2 is 0.543 bits per heavy atom. The van der Waals surface area contributed by atoms with Crippen LogP contribution < -0.4 is 44.2 Å². The Balaban J connectivity index is 3.28. The van der Waals surface area contributed by atoms with E-state index in [1.54, 1.807) is 0 Å². The van der Waals surface area contributed by atoms with Crippen molar-refractivity contribution >= 4 is 23.6 Å². The molecular formula is C47H96N8O15. The molecule has 0 heterocycles. The monoisotopic (exact) mass is 1010 g/mol. The van der Waals surface area contributed by atoms with Crippen molar-refractivity contribution in [2.24, 2.45) is 22.9 Å². The lowest BCUT2D eigenvalue weighted by atomic mass is 10.1. The normalized spacial score (nSPS) is 12.2. The van der Waals surface area contributed by atoms with Crippen molar-refractivity contribution in [1.82, 2.24) is 21.3 Å². The fourth-order valence-electron chi connectivity index (χ4n) is 5.87.